The van der Waals surface area contributed by atoms with Gasteiger partial charge in [-0.2, -0.15) is 0 Å². The Bertz CT molecular complexity index is 529. The molecule has 1 amide bonds. The van der Waals surface area contributed by atoms with Gasteiger partial charge in [-0.1, -0.05) is 11.6 Å². The number of amides is 1. The summed E-state index contributed by atoms with van der Waals surface area (Å²) in [5, 5.41) is 3.19. The molecular weight excluding hydrogens is 276 g/mol. The topological polar surface area (TPSA) is 58.1 Å². The van der Waals surface area contributed by atoms with Crippen molar-refractivity contribution in [3.8, 4) is 0 Å². The molecule has 5 nitrogen and oxygen atoms in total. The van der Waals surface area contributed by atoms with E-state index in [1.54, 1.807) is 12.4 Å². The quantitative estimate of drug-likeness (QED) is 0.868. The highest BCUT2D eigenvalue weighted by molar-refractivity contribution is 5.78. The van der Waals surface area contributed by atoms with Gasteiger partial charge in [-0.15, -0.1) is 0 Å². The van der Waals surface area contributed by atoms with Crippen molar-refractivity contribution in [1.29, 1.82) is 0 Å². The molecule has 1 aliphatic heterocycles. The Morgan fingerprint density at radius 3 is 2.91 bits per heavy atom. The van der Waals surface area contributed by atoms with Crippen LogP contribution in [0.4, 0.5) is 5.95 Å². The van der Waals surface area contributed by atoms with Gasteiger partial charge in [0.2, 0.25) is 11.9 Å². The van der Waals surface area contributed by atoms with Gasteiger partial charge in [0.25, 0.3) is 0 Å². The third-order valence-electron chi connectivity index (χ3n) is 4.39. The van der Waals surface area contributed by atoms with Crippen LogP contribution in [0.2, 0.25) is 0 Å². The van der Waals surface area contributed by atoms with Gasteiger partial charge in [0.05, 0.1) is 0 Å². The Balaban J connectivity index is 1.51. The summed E-state index contributed by atoms with van der Waals surface area (Å²) in [6, 6.07) is 2.03. The van der Waals surface area contributed by atoms with Gasteiger partial charge in [-0.05, 0) is 44.6 Å². The number of aromatic nitrogens is 2. The SMILES string of the molecule is O=C(CC1=CCCCC1)N[C@H]1CCCN(c2ncccn2)C1. The Kier molecular flexibility index (Phi) is 5.03. The molecule has 0 saturated carbocycles. The molecule has 1 fully saturated rings. The predicted octanol–water partition coefficient (Wildman–Crippen LogP) is 2.45. The van der Waals surface area contributed by atoms with E-state index in [1.165, 1.54) is 18.4 Å². The summed E-state index contributed by atoms with van der Waals surface area (Å²) in [6.07, 6.45) is 13.1. The predicted molar refractivity (Wildman–Crippen MR) is 86.6 cm³/mol. The molecule has 0 unspecified atom stereocenters. The fourth-order valence-electron chi connectivity index (χ4n) is 3.28. The lowest BCUT2D eigenvalue weighted by Crippen LogP contribution is -2.48. The van der Waals surface area contributed by atoms with Gasteiger partial charge in [-0.25, -0.2) is 9.97 Å². The summed E-state index contributed by atoms with van der Waals surface area (Å²) in [5.41, 5.74) is 1.31. The fraction of sp³-hybridized carbons (Fsp3) is 0.588. The molecule has 3 rings (SSSR count). The fourth-order valence-corrected chi connectivity index (χ4v) is 3.28. The van der Waals surface area contributed by atoms with E-state index in [4.69, 9.17) is 0 Å². The second-order valence-corrected chi connectivity index (χ2v) is 6.19. The molecule has 1 aliphatic carbocycles. The maximum Gasteiger partial charge on any atom is 0.225 e. The lowest BCUT2D eigenvalue weighted by molar-refractivity contribution is -0.121. The van der Waals surface area contributed by atoms with Crippen LogP contribution in [0.1, 0.15) is 44.9 Å². The third kappa shape index (κ3) is 4.06. The average molecular weight is 300 g/mol. The van der Waals surface area contributed by atoms with Crippen LogP contribution in [0.25, 0.3) is 0 Å². The second kappa shape index (κ2) is 7.38. The number of carbonyl (C=O) groups is 1. The van der Waals surface area contributed by atoms with E-state index in [-0.39, 0.29) is 11.9 Å². The number of anilines is 1. The van der Waals surface area contributed by atoms with Gasteiger partial charge in [-0.3, -0.25) is 4.79 Å². The number of rotatable bonds is 4. The van der Waals surface area contributed by atoms with Crippen molar-refractivity contribution in [2.45, 2.75) is 51.0 Å². The molecule has 118 valence electrons. The first-order valence-electron chi connectivity index (χ1n) is 8.30. The number of allylic oxidation sites excluding steroid dienone is 1. The highest BCUT2D eigenvalue weighted by Gasteiger charge is 2.23. The van der Waals surface area contributed by atoms with Crippen molar-refractivity contribution in [2.24, 2.45) is 0 Å². The van der Waals surface area contributed by atoms with Crippen LogP contribution in [0.3, 0.4) is 0 Å². The summed E-state index contributed by atoms with van der Waals surface area (Å²) in [7, 11) is 0. The van der Waals surface area contributed by atoms with Crippen molar-refractivity contribution >= 4 is 11.9 Å². The first-order valence-corrected chi connectivity index (χ1v) is 8.30. The summed E-state index contributed by atoms with van der Waals surface area (Å²) >= 11 is 0. The van der Waals surface area contributed by atoms with E-state index < -0.39 is 0 Å². The molecular formula is C17H24N4O. The van der Waals surface area contributed by atoms with Crippen LogP contribution in [-0.4, -0.2) is 35.0 Å². The minimum absolute atomic E-state index is 0.161. The number of nitrogens with zero attached hydrogens (tertiary/aromatic N) is 3. The molecule has 2 aliphatic rings. The smallest absolute Gasteiger partial charge is 0.225 e. The van der Waals surface area contributed by atoms with Gasteiger partial charge in [0.1, 0.15) is 0 Å². The maximum absolute atomic E-state index is 12.2. The normalized spacial score (nSPS) is 22.1. The molecule has 2 heterocycles. The van der Waals surface area contributed by atoms with E-state index in [1.807, 2.05) is 6.07 Å². The molecule has 22 heavy (non-hydrogen) atoms. The van der Waals surface area contributed by atoms with Crippen molar-refractivity contribution in [3.63, 3.8) is 0 Å². The van der Waals surface area contributed by atoms with E-state index in [0.717, 1.165) is 44.7 Å². The minimum atomic E-state index is 0.161. The van der Waals surface area contributed by atoms with Gasteiger partial charge < -0.3 is 10.2 Å². The van der Waals surface area contributed by atoms with E-state index in [0.29, 0.717) is 6.42 Å². The monoisotopic (exact) mass is 300 g/mol. The van der Waals surface area contributed by atoms with Gasteiger partial charge in [0, 0.05) is 37.9 Å². The van der Waals surface area contributed by atoms with Crippen molar-refractivity contribution in [1.82, 2.24) is 15.3 Å². The molecule has 1 atom stereocenters. The number of hydrogen-bond acceptors (Lipinski definition) is 4. The van der Waals surface area contributed by atoms with Crippen molar-refractivity contribution in [3.05, 3.63) is 30.1 Å². The highest BCUT2D eigenvalue weighted by atomic mass is 16.1. The molecule has 0 spiro atoms. The first kappa shape index (κ1) is 15.0. The number of carbonyl (C=O) groups excluding carboxylic acids is 1. The lowest BCUT2D eigenvalue weighted by Gasteiger charge is -2.33. The maximum atomic E-state index is 12.2. The van der Waals surface area contributed by atoms with Crippen molar-refractivity contribution < 1.29 is 4.79 Å². The standard InChI is InChI=1S/C17H24N4O/c22-16(12-14-6-2-1-3-7-14)20-15-8-4-11-21(13-15)17-18-9-5-10-19-17/h5-6,9-10,15H,1-4,7-8,11-13H2,(H,20,22)/t15-/m0/s1. The Hall–Kier alpha value is -1.91. The molecule has 5 heteroatoms. The summed E-state index contributed by atoms with van der Waals surface area (Å²) in [6.45, 7) is 1.76. The molecule has 0 radical (unpaired) electrons. The van der Waals surface area contributed by atoms with Crippen LogP contribution >= 0.6 is 0 Å². The number of piperidine rings is 1. The average Bonchev–Trinajstić information content (AvgIpc) is 2.57. The van der Waals surface area contributed by atoms with Crippen molar-refractivity contribution in [2.75, 3.05) is 18.0 Å². The Labute approximate surface area is 131 Å². The Morgan fingerprint density at radius 1 is 1.27 bits per heavy atom. The van der Waals surface area contributed by atoms with Crippen LogP contribution < -0.4 is 10.2 Å². The molecule has 1 aromatic rings. The number of hydrogen-bond donors (Lipinski definition) is 1. The van der Waals surface area contributed by atoms with E-state index in [2.05, 4.69) is 26.3 Å². The van der Waals surface area contributed by atoms with Gasteiger partial charge in [0.15, 0.2) is 0 Å². The van der Waals surface area contributed by atoms with Crippen LogP contribution in [0, 0.1) is 0 Å². The van der Waals surface area contributed by atoms with Gasteiger partial charge >= 0.3 is 0 Å². The van der Waals surface area contributed by atoms with Crippen LogP contribution in [-0.2, 0) is 4.79 Å². The highest BCUT2D eigenvalue weighted by Crippen LogP contribution is 2.20. The Morgan fingerprint density at radius 2 is 2.14 bits per heavy atom. The molecule has 0 bridgehead atoms. The summed E-state index contributed by atoms with van der Waals surface area (Å²) in [5.74, 6) is 0.922. The summed E-state index contributed by atoms with van der Waals surface area (Å²) in [4.78, 5) is 23.0. The minimum Gasteiger partial charge on any atom is -0.351 e. The molecule has 1 saturated heterocycles. The molecule has 1 N–H and O–H groups in total. The number of nitrogens with one attached hydrogen (secondary N) is 1. The van der Waals surface area contributed by atoms with Crippen LogP contribution in [0.15, 0.2) is 30.1 Å². The van der Waals surface area contributed by atoms with E-state index >= 15 is 0 Å². The zero-order chi connectivity index (χ0) is 15.2. The lowest BCUT2D eigenvalue weighted by atomic mass is 9.96. The molecule has 1 aromatic heterocycles. The summed E-state index contributed by atoms with van der Waals surface area (Å²) < 4.78 is 0. The second-order valence-electron chi connectivity index (χ2n) is 6.19. The van der Waals surface area contributed by atoms with Crippen LogP contribution in [0.5, 0.6) is 0 Å². The third-order valence-corrected chi connectivity index (χ3v) is 4.39. The zero-order valence-electron chi connectivity index (χ0n) is 13.0. The van der Waals surface area contributed by atoms with E-state index in [9.17, 15) is 4.79 Å². The first-order chi connectivity index (χ1) is 10.8. The zero-order valence-corrected chi connectivity index (χ0v) is 13.0. The largest absolute Gasteiger partial charge is 0.351 e. The molecule has 0 aromatic carbocycles.